The van der Waals surface area contributed by atoms with Crippen LogP contribution in [0.1, 0.15) is 22.0 Å². The molecule has 0 bridgehead atoms. The molecule has 1 N–H and O–H groups in total. The fraction of sp³-hybridized carbons (Fsp3) is 0.182. The Kier molecular flexibility index (Phi) is 6.45. The molecule has 1 unspecified atom stereocenters. The van der Waals surface area contributed by atoms with Crippen molar-refractivity contribution in [2.45, 2.75) is 6.04 Å². The molecule has 0 saturated heterocycles. The number of nitrogens with zero attached hydrogens (tertiary/aromatic N) is 3. The molecule has 0 aliphatic heterocycles. The van der Waals surface area contributed by atoms with Gasteiger partial charge in [-0.25, -0.2) is 9.97 Å². The minimum atomic E-state index is -0.944. The lowest BCUT2D eigenvalue weighted by Crippen LogP contribution is -2.28. The van der Waals surface area contributed by atoms with Crippen molar-refractivity contribution < 1.29 is 19.0 Å². The molecule has 1 heterocycles. The first-order valence-corrected chi connectivity index (χ1v) is 8.99. The Labute approximate surface area is 174 Å². The average Bonchev–Trinajstić information content (AvgIpc) is 2.82. The van der Waals surface area contributed by atoms with Crippen molar-refractivity contribution in [3.63, 3.8) is 0 Å². The summed E-state index contributed by atoms with van der Waals surface area (Å²) in [5.74, 6) is 1.20. The highest BCUT2D eigenvalue weighted by Crippen LogP contribution is 2.39. The van der Waals surface area contributed by atoms with Gasteiger partial charge in [0, 0.05) is 18.0 Å². The lowest BCUT2D eigenvalue weighted by molar-refractivity contribution is 0.0944. The maximum atomic E-state index is 12.6. The molecule has 1 atom stereocenters. The van der Waals surface area contributed by atoms with E-state index in [1.807, 2.05) is 30.3 Å². The summed E-state index contributed by atoms with van der Waals surface area (Å²) >= 11 is 0. The van der Waals surface area contributed by atoms with Crippen LogP contribution in [0.25, 0.3) is 11.4 Å². The molecule has 3 rings (SSSR count). The zero-order chi connectivity index (χ0) is 21.5. The molecule has 3 aromatic rings. The summed E-state index contributed by atoms with van der Waals surface area (Å²) in [6, 6.07) is 13.8. The third kappa shape index (κ3) is 4.31. The first-order valence-electron chi connectivity index (χ1n) is 8.99. The second-order valence-electron chi connectivity index (χ2n) is 6.16. The Bertz CT molecular complexity index is 1040. The number of nitriles is 1. The van der Waals surface area contributed by atoms with Crippen LogP contribution in [0.5, 0.6) is 17.2 Å². The molecule has 8 heteroatoms. The Balaban J connectivity index is 1.82. The van der Waals surface area contributed by atoms with E-state index in [4.69, 9.17) is 14.2 Å². The van der Waals surface area contributed by atoms with E-state index < -0.39 is 11.9 Å². The van der Waals surface area contributed by atoms with Crippen molar-refractivity contribution in [1.29, 1.82) is 5.26 Å². The Morgan fingerprint density at radius 1 is 1.00 bits per heavy atom. The number of amides is 1. The second-order valence-corrected chi connectivity index (χ2v) is 6.16. The number of benzene rings is 2. The molecule has 1 aromatic heterocycles. The molecule has 0 saturated carbocycles. The Hall–Kier alpha value is -4.12. The van der Waals surface area contributed by atoms with Crippen LogP contribution >= 0.6 is 0 Å². The van der Waals surface area contributed by atoms with Crippen LogP contribution in [0.4, 0.5) is 0 Å². The summed E-state index contributed by atoms with van der Waals surface area (Å²) in [6.07, 6.45) is 2.85. The van der Waals surface area contributed by atoms with Gasteiger partial charge in [-0.1, -0.05) is 30.3 Å². The van der Waals surface area contributed by atoms with Crippen molar-refractivity contribution in [2.75, 3.05) is 21.3 Å². The molecular weight excluding hydrogens is 384 g/mol. The Morgan fingerprint density at radius 2 is 1.60 bits per heavy atom. The lowest BCUT2D eigenvalue weighted by atomic mass is 10.1. The lowest BCUT2D eigenvalue weighted by Gasteiger charge is -2.17. The zero-order valence-electron chi connectivity index (χ0n) is 16.7. The van der Waals surface area contributed by atoms with Crippen LogP contribution < -0.4 is 19.5 Å². The van der Waals surface area contributed by atoms with Crippen LogP contribution in [0.3, 0.4) is 0 Å². The van der Waals surface area contributed by atoms with Crippen molar-refractivity contribution in [3.05, 3.63) is 66.0 Å². The van der Waals surface area contributed by atoms with Crippen molar-refractivity contribution in [2.24, 2.45) is 0 Å². The van der Waals surface area contributed by atoms with E-state index in [9.17, 15) is 10.1 Å². The number of hydrogen-bond acceptors (Lipinski definition) is 7. The third-order valence-electron chi connectivity index (χ3n) is 4.37. The normalized spacial score (nSPS) is 11.1. The summed E-state index contributed by atoms with van der Waals surface area (Å²) in [7, 11) is 4.45. The van der Waals surface area contributed by atoms with Gasteiger partial charge in [-0.2, -0.15) is 5.26 Å². The molecule has 0 fully saturated rings. The summed E-state index contributed by atoms with van der Waals surface area (Å²) in [6.45, 7) is 0. The first kappa shape index (κ1) is 20.6. The quantitative estimate of drug-likeness (QED) is 0.645. The van der Waals surface area contributed by atoms with Gasteiger partial charge in [-0.05, 0) is 17.7 Å². The monoisotopic (exact) mass is 404 g/mol. The van der Waals surface area contributed by atoms with Gasteiger partial charge in [0.15, 0.2) is 17.3 Å². The number of rotatable bonds is 7. The number of methoxy groups -OCH3 is 3. The molecule has 152 valence electrons. The van der Waals surface area contributed by atoms with E-state index >= 15 is 0 Å². The van der Waals surface area contributed by atoms with Gasteiger partial charge < -0.3 is 19.5 Å². The van der Waals surface area contributed by atoms with E-state index in [-0.39, 0.29) is 5.56 Å². The Morgan fingerprint density at radius 3 is 2.10 bits per heavy atom. The first-order chi connectivity index (χ1) is 14.6. The van der Waals surface area contributed by atoms with Crippen LogP contribution in [0.15, 0.2) is 54.9 Å². The number of carbonyl (C=O) groups excluding carboxylic acids is 1. The predicted molar refractivity (Wildman–Crippen MR) is 109 cm³/mol. The highest BCUT2D eigenvalue weighted by molar-refractivity contribution is 5.94. The maximum absolute atomic E-state index is 12.6. The number of hydrogen-bond donors (Lipinski definition) is 1. The van der Waals surface area contributed by atoms with Gasteiger partial charge >= 0.3 is 0 Å². The predicted octanol–water partition coefficient (Wildman–Crippen LogP) is 3.16. The van der Waals surface area contributed by atoms with E-state index in [1.54, 1.807) is 12.1 Å². The highest BCUT2D eigenvalue weighted by Gasteiger charge is 2.21. The molecule has 30 heavy (non-hydrogen) atoms. The molecule has 0 radical (unpaired) electrons. The number of carbonyl (C=O) groups is 1. The van der Waals surface area contributed by atoms with Gasteiger partial charge in [-0.3, -0.25) is 4.79 Å². The van der Waals surface area contributed by atoms with E-state index in [1.165, 1.54) is 33.7 Å². The van der Waals surface area contributed by atoms with E-state index in [0.29, 0.717) is 28.6 Å². The van der Waals surface area contributed by atoms with E-state index in [2.05, 4.69) is 21.4 Å². The number of ether oxygens (including phenoxy) is 3. The standard InChI is InChI=1S/C22H20N4O4/c1-28-18-9-15(10-19(29-2)20(18)30-3)17(11-23)26-22(27)16-12-24-21(25-13-16)14-7-5-4-6-8-14/h4-10,12-13,17H,1-3H3,(H,26,27). The van der Waals surface area contributed by atoms with Gasteiger partial charge in [0.25, 0.3) is 5.91 Å². The van der Waals surface area contributed by atoms with Crippen LogP contribution in [-0.2, 0) is 0 Å². The topological polar surface area (TPSA) is 106 Å². The molecule has 2 aromatic carbocycles. The summed E-state index contributed by atoms with van der Waals surface area (Å²) in [5, 5.41) is 12.3. The smallest absolute Gasteiger partial charge is 0.255 e. The minimum absolute atomic E-state index is 0.238. The molecule has 0 aliphatic carbocycles. The van der Waals surface area contributed by atoms with E-state index in [0.717, 1.165) is 5.56 Å². The van der Waals surface area contributed by atoms with Gasteiger partial charge in [0.2, 0.25) is 5.75 Å². The van der Waals surface area contributed by atoms with Gasteiger partial charge in [0.05, 0.1) is 33.0 Å². The van der Waals surface area contributed by atoms with Crippen molar-refractivity contribution in [3.8, 4) is 34.7 Å². The number of aromatic nitrogens is 2. The van der Waals surface area contributed by atoms with Crippen LogP contribution in [-0.4, -0.2) is 37.2 Å². The molecule has 8 nitrogen and oxygen atoms in total. The minimum Gasteiger partial charge on any atom is -0.493 e. The number of nitrogens with one attached hydrogen (secondary N) is 1. The van der Waals surface area contributed by atoms with Crippen LogP contribution in [0, 0.1) is 11.3 Å². The largest absolute Gasteiger partial charge is 0.493 e. The molecule has 0 spiro atoms. The summed E-state index contributed by atoms with van der Waals surface area (Å²) in [4.78, 5) is 21.1. The van der Waals surface area contributed by atoms with Gasteiger partial charge in [0.1, 0.15) is 6.04 Å². The van der Waals surface area contributed by atoms with Crippen molar-refractivity contribution >= 4 is 5.91 Å². The molecular formula is C22H20N4O4. The fourth-order valence-corrected chi connectivity index (χ4v) is 2.85. The maximum Gasteiger partial charge on any atom is 0.255 e. The van der Waals surface area contributed by atoms with Crippen LogP contribution in [0.2, 0.25) is 0 Å². The summed E-state index contributed by atoms with van der Waals surface area (Å²) < 4.78 is 15.9. The van der Waals surface area contributed by atoms with Gasteiger partial charge in [-0.15, -0.1) is 0 Å². The fourth-order valence-electron chi connectivity index (χ4n) is 2.85. The highest BCUT2D eigenvalue weighted by atomic mass is 16.5. The average molecular weight is 404 g/mol. The van der Waals surface area contributed by atoms with Crippen molar-refractivity contribution in [1.82, 2.24) is 15.3 Å². The molecule has 1 amide bonds. The summed E-state index contributed by atoms with van der Waals surface area (Å²) in [5.41, 5.74) is 1.57. The second kappa shape index (κ2) is 9.39. The molecule has 0 aliphatic rings. The SMILES string of the molecule is COc1cc(C(C#N)NC(=O)c2cnc(-c3ccccc3)nc2)cc(OC)c1OC. The zero-order valence-corrected chi connectivity index (χ0v) is 16.7. The third-order valence-corrected chi connectivity index (χ3v) is 4.37.